The molecule has 0 aliphatic heterocycles. The van der Waals surface area contributed by atoms with Gasteiger partial charge >= 0.3 is 5.97 Å². The number of anilines is 1. The van der Waals surface area contributed by atoms with Gasteiger partial charge in [-0.3, -0.25) is 4.79 Å². The fourth-order valence-corrected chi connectivity index (χ4v) is 5.12. The number of nitrogens with one attached hydrogen (secondary N) is 1. The number of hydrogen-bond donors (Lipinski definition) is 1. The van der Waals surface area contributed by atoms with Crippen molar-refractivity contribution in [3.05, 3.63) is 68.7 Å². The lowest BCUT2D eigenvalue weighted by molar-refractivity contribution is 0.0378. The average molecular weight is 492 g/mol. The molecule has 1 N–H and O–H groups in total. The Hall–Kier alpha value is -2.84. The molecule has 2 heterocycles. The van der Waals surface area contributed by atoms with Crippen LogP contribution in [0.25, 0.3) is 0 Å². The topological polar surface area (TPSA) is 77.8 Å². The van der Waals surface area contributed by atoms with Gasteiger partial charge in [-0.05, 0) is 75.4 Å². The smallest absolute Gasteiger partial charge is 0.341 e. The normalized spacial score (nSPS) is 13.0. The summed E-state index contributed by atoms with van der Waals surface area (Å²) in [6.45, 7) is 3.60. The summed E-state index contributed by atoms with van der Waals surface area (Å²) < 4.78 is 29.7. The number of carbonyl (C=O) groups is 2. The number of ether oxygens (including phenoxy) is 2. The van der Waals surface area contributed by atoms with Crippen LogP contribution in [0.1, 0.15) is 63.8 Å². The molecular formula is C24H23ClFNO5S. The molecule has 0 radical (unpaired) electrons. The van der Waals surface area contributed by atoms with Gasteiger partial charge in [0, 0.05) is 4.88 Å². The fraction of sp³-hybridized carbons (Fsp3) is 0.333. The van der Waals surface area contributed by atoms with Gasteiger partial charge in [0.25, 0.3) is 5.91 Å². The largest absolute Gasteiger partial charge is 0.484 e. The van der Waals surface area contributed by atoms with Crippen molar-refractivity contribution in [1.29, 1.82) is 0 Å². The minimum absolute atomic E-state index is 0.0118. The standard InChI is InChI=1S/C24H23ClFNO5S/c1-13(2)31-24(29)21-16-5-3-4-6-20(16)33-23(21)27-22(28)19-10-8-15(32-19)12-30-18-9-7-14(26)11-17(18)25/h7-11,13H,3-6,12H2,1-2H3,(H,27,28). The molecule has 1 amide bonds. The second-order valence-electron chi connectivity index (χ2n) is 7.95. The highest BCUT2D eigenvalue weighted by molar-refractivity contribution is 7.17. The predicted molar refractivity (Wildman–Crippen MR) is 124 cm³/mol. The van der Waals surface area contributed by atoms with Crippen molar-refractivity contribution in [2.75, 3.05) is 5.32 Å². The number of amides is 1. The Kier molecular flexibility index (Phi) is 7.05. The van der Waals surface area contributed by atoms with Crippen LogP contribution in [0, 0.1) is 5.82 Å². The van der Waals surface area contributed by atoms with Gasteiger partial charge in [0.1, 0.15) is 28.9 Å². The van der Waals surface area contributed by atoms with Crippen molar-refractivity contribution in [2.24, 2.45) is 0 Å². The molecule has 1 aliphatic rings. The number of furan rings is 1. The molecule has 0 fully saturated rings. The quantitative estimate of drug-likeness (QED) is 0.386. The van der Waals surface area contributed by atoms with Gasteiger partial charge in [0.05, 0.1) is 16.7 Å². The highest BCUT2D eigenvalue weighted by atomic mass is 35.5. The van der Waals surface area contributed by atoms with E-state index in [4.69, 9.17) is 25.5 Å². The van der Waals surface area contributed by atoms with E-state index < -0.39 is 17.7 Å². The van der Waals surface area contributed by atoms with Crippen LogP contribution in [0.4, 0.5) is 9.39 Å². The maximum Gasteiger partial charge on any atom is 0.341 e. The summed E-state index contributed by atoms with van der Waals surface area (Å²) in [6, 6.07) is 6.95. The van der Waals surface area contributed by atoms with E-state index in [2.05, 4.69) is 5.32 Å². The van der Waals surface area contributed by atoms with Crippen LogP contribution < -0.4 is 10.1 Å². The molecule has 0 atom stereocenters. The number of aryl methyl sites for hydroxylation is 1. The molecule has 0 saturated carbocycles. The summed E-state index contributed by atoms with van der Waals surface area (Å²) in [5, 5.41) is 3.44. The number of benzene rings is 1. The highest BCUT2D eigenvalue weighted by Crippen LogP contribution is 2.39. The molecule has 4 rings (SSSR count). The van der Waals surface area contributed by atoms with Crippen LogP contribution in [0.3, 0.4) is 0 Å². The monoisotopic (exact) mass is 491 g/mol. The Bertz CT molecular complexity index is 1190. The molecule has 0 saturated heterocycles. The zero-order valence-corrected chi connectivity index (χ0v) is 19.8. The van der Waals surface area contributed by atoms with Gasteiger partial charge in [0.2, 0.25) is 0 Å². The minimum Gasteiger partial charge on any atom is -0.484 e. The first-order valence-electron chi connectivity index (χ1n) is 10.6. The molecule has 0 unspecified atom stereocenters. The molecule has 0 spiro atoms. The van der Waals surface area contributed by atoms with E-state index in [0.29, 0.717) is 22.1 Å². The van der Waals surface area contributed by atoms with E-state index in [9.17, 15) is 14.0 Å². The lowest BCUT2D eigenvalue weighted by atomic mass is 9.95. The van der Waals surface area contributed by atoms with E-state index in [0.717, 1.165) is 42.2 Å². The number of fused-ring (bicyclic) bond motifs is 1. The maximum atomic E-state index is 13.2. The number of hydrogen-bond acceptors (Lipinski definition) is 6. The van der Waals surface area contributed by atoms with Gasteiger partial charge in [-0.1, -0.05) is 11.6 Å². The van der Waals surface area contributed by atoms with Crippen LogP contribution in [-0.2, 0) is 24.2 Å². The van der Waals surface area contributed by atoms with Crippen LogP contribution in [0.2, 0.25) is 5.02 Å². The van der Waals surface area contributed by atoms with E-state index in [1.165, 1.54) is 29.5 Å². The third kappa shape index (κ3) is 5.39. The molecule has 1 aromatic carbocycles. The van der Waals surface area contributed by atoms with Gasteiger partial charge in [-0.2, -0.15) is 0 Å². The van der Waals surface area contributed by atoms with Crippen LogP contribution in [0.15, 0.2) is 34.7 Å². The zero-order chi connectivity index (χ0) is 23.5. The Morgan fingerprint density at radius 2 is 2.00 bits per heavy atom. The first-order valence-corrected chi connectivity index (χ1v) is 11.8. The zero-order valence-electron chi connectivity index (χ0n) is 18.2. The number of thiophene rings is 1. The summed E-state index contributed by atoms with van der Waals surface area (Å²) >= 11 is 7.37. The Labute approximate surface area is 199 Å². The van der Waals surface area contributed by atoms with E-state index in [-0.39, 0.29) is 23.5 Å². The van der Waals surface area contributed by atoms with Crippen LogP contribution in [0.5, 0.6) is 5.75 Å². The van der Waals surface area contributed by atoms with Crippen LogP contribution >= 0.6 is 22.9 Å². The maximum absolute atomic E-state index is 13.2. The second-order valence-corrected chi connectivity index (χ2v) is 9.46. The molecule has 174 valence electrons. The number of halogens is 2. The van der Waals surface area contributed by atoms with Crippen molar-refractivity contribution in [3.8, 4) is 5.75 Å². The third-order valence-corrected chi connectivity index (χ3v) is 6.60. The summed E-state index contributed by atoms with van der Waals surface area (Å²) in [6.07, 6.45) is 3.46. The average Bonchev–Trinajstić information content (AvgIpc) is 3.37. The first kappa shape index (κ1) is 23.3. The SMILES string of the molecule is CC(C)OC(=O)c1c(NC(=O)c2ccc(COc3ccc(F)cc3Cl)o2)sc2c1CCCC2. The molecule has 9 heteroatoms. The van der Waals surface area contributed by atoms with Gasteiger partial charge in [0.15, 0.2) is 5.76 Å². The van der Waals surface area contributed by atoms with Gasteiger partial charge in [-0.15, -0.1) is 11.3 Å². The molecule has 2 aromatic heterocycles. The first-order chi connectivity index (χ1) is 15.8. The Morgan fingerprint density at radius 3 is 2.76 bits per heavy atom. The van der Waals surface area contributed by atoms with Crippen molar-refractivity contribution < 1.29 is 27.9 Å². The van der Waals surface area contributed by atoms with Crippen molar-refractivity contribution >= 4 is 39.8 Å². The van der Waals surface area contributed by atoms with Crippen molar-refractivity contribution in [3.63, 3.8) is 0 Å². The summed E-state index contributed by atoms with van der Waals surface area (Å²) in [5.41, 5.74) is 1.41. The third-order valence-electron chi connectivity index (χ3n) is 5.09. The van der Waals surface area contributed by atoms with Gasteiger partial charge in [-0.25, -0.2) is 9.18 Å². The Balaban J connectivity index is 1.48. The number of esters is 1. The summed E-state index contributed by atoms with van der Waals surface area (Å²) in [5.74, 6) is -0.587. The predicted octanol–water partition coefficient (Wildman–Crippen LogP) is 6.41. The summed E-state index contributed by atoms with van der Waals surface area (Å²) in [4.78, 5) is 26.7. The Morgan fingerprint density at radius 1 is 1.21 bits per heavy atom. The number of rotatable bonds is 7. The molecule has 3 aromatic rings. The van der Waals surface area contributed by atoms with Gasteiger partial charge < -0.3 is 19.2 Å². The molecule has 33 heavy (non-hydrogen) atoms. The highest BCUT2D eigenvalue weighted by Gasteiger charge is 2.28. The molecule has 6 nitrogen and oxygen atoms in total. The van der Waals surface area contributed by atoms with Crippen LogP contribution in [-0.4, -0.2) is 18.0 Å². The molecular weight excluding hydrogens is 469 g/mol. The lowest BCUT2D eigenvalue weighted by Crippen LogP contribution is -2.17. The lowest BCUT2D eigenvalue weighted by Gasteiger charge is -2.14. The second kappa shape index (κ2) is 9.97. The van der Waals surface area contributed by atoms with E-state index >= 15 is 0 Å². The fourth-order valence-electron chi connectivity index (χ4n) is 3.63. The summed E-state index contributed by atoms with van der Waals surface area (Å²) in [7, 11) is 0. The van der Waals surface area contributed by atoms with E-state index in [1.807, 2.05) is 0 Å². The molecule has 0 bridgehead atoms. The molecule has 1 aliphatic carbocycles. The van der Waals surface area contributed by atoms with E-state index in [1.54, 1.807) is 19.9 Å². The minimum atomic E-state index is -0.474. The number of carbonyl (C=O) groups excluding carboxylic acids is 2. The van der Waals surface area contributed by atoms with Crippen molar-refractivity contribution in [2.45, 2.75) is 52.2 Å². The van der Waals surface area contributed by atoms with Crippen molar-refractivity contribution in [1.82, 2.24) is 0 Å².